The molecule has 0 bridgehead atoms. The number of nitrogens with one attached hydrogen (secondary N) is 1. The Labute approximate surface area is 110 Å². The van der Waals surface area contributed by atoms with Gasteiger partial charge >= 0.3 is 0 Å². The predicted molar refractivity (Wildman–Crippen MR) is 72.1 cm³/mol. The van der Waals surface area contributed by atoms with Gasteiger partial charge in [-0.3, -0.25) is 4.79 Å². The van der Waals surface area contributed by atoms with Crippen molar-refractivity contribution in [2.24, 2.45) is 5.73 Å². The van der Waals surface area contributed by atoms with Crippen molar-refractivity contribution in [2.45, 2.75) is 13.8 Å². The predicted octanol–water partition coefficient (Wildman–Crippen LogP) is 1.98. The molecule has 4 nitrogen and oxygen atoms in total. The molecule has 94 valence electrons. The molecule has 0 fully saturated rings. The Morgan fingerprint density at radius 3 is 2.53 bits per heavy atom. The summed E-state index contributed by atoms with van der Waals surface area (Å²) in [5, 5.41) is 2.84. The van der Waals surface area contributed by atoms with Crippen LogP contribution in [-0.2, 0) is 9.53 Å². The maximum absolute atomic E-state index is 11.6. The van der Waals surface area contributed by atoms with Gasteiger partial charge in [-0.2, -0.15) is 0 Å². The van der Waals surface area contributed by atoms with E-state index < -0.39 is 0 Å². The van der Waals surface area contributed by atoms with Crippen LogP contribution in [0.25, 0.3) is 0 Å². The summed E-state index contributed by atoms with van der Waals surface area (Å²) < 4.78 is 6.08. The van der Waals surface area contributed by atoms with Gasteiger partial charge in [-0.1, -0.05) is 15.9 Å². The average molecular weight is 301 g/mol. The molecule has 0 aliphatic rings. The topological polar surface area (TPSA) is 64.3 Å². The first kappa shape index (κ1) is 14.2. The number of amides is 1. The molecule has 0 aromatic heterocycles. The number of rotatable bonds is 5. The summed E-state index contributed by atoms with van der Waals surface area (Å²) in [5.41, 5.74) is 8.15. The molecule has 1 aromatic carbocycles. The van der Waals surface area contributed by atoms with Crippen molar-refractivity contribution in [3.63, 3.8) is 0 Å². The third-order valence-electron chi connectivity index (χ3n) is 2.26. The molecule has 0 aliphatic carbocycles. The minimum absolute atomic E-state index is 0.0339. The highest BCUT2D eigenvalue weighted by molar-refractivity contribution is 9.10. The summed E-state index contributed by atoms with van der Waals surface area (Å²) >= 11 is 3.41. The maximum Gasteiger partial charge on any atom is 0.250 e. The van der Waals surface area contributed by atoms with Gasteiger partial charge in [0.25, 0.3) is 0 Å². The van der Waals surface area contributed by atoms with E-state index in [-0.39, 0.29) is 12.5 Å². The molecule has 0 spiro atoms. The minimum Gasteiger partial charge on any atom is -0.370 e. The van der Waals surface area contributed by atoms with E-state index >= 15 is 0 Å². The fourth-order valence-corrected chi connectivity index (χ4v) is 2.22. The number of hydrogen-bond donors (Lipinski definition) is 2. The van der Waals surface area contributed by atoms with Crippen molar-refractivity contribution >= 4 is 27.5 Å². The van der Waals surface area contributed by atoms with E-state index in [1.54, 1.807) is 0 Å². The van der Waals surface area contributed by atoms with Gasteiger partial charge in [0, 0.05) is 16.7 Å². The lowest BCUT2D eigenvalue weighted by molar-refractivity contribution is -0.120. The molecule has 0 aliphatic heterocycles. The molecule has 0 radical (unpaired) electrons. The number of benzene rings is 1. The Kier molecular flexibility index (Phi) is 5.61. The molecule has 3 N–H and O–H groups in total. The lowest BCUT2D eigenvalue weighted by Gasteiger charge is -2.12. The maximum atomic E-state index is 11.6. The zero-order chi connectivity index (χ0) is 12.8. The molecule has 0 unspecified atom stereocenters. The SMILES string of the molecule is Cc1cc(Br)cc(C)c1NC(=O)COCCN. The van der Waals surface area contributed by atoms with Gasteiger partial charge in [0.15, 0.2) is 0 Å². The van der Waals surface area contributed by atoms with Crippen LogP contribution in [0.2, 0.25) is 0 Å². The number of anilines is 1. The van der Waals surface area contributed by atoms with E-state index in [1.165, 1.54) is 0 Å². The normalized spacial score (nSPS) is 10.4. The summed E-state index contributed by atoms with van der Waals surface area (Å²) in [4.78, 5) is 11.6. The van der Waals surface area contributed by atoms with Gasteiger partial charge < -0.3 is 15.8 Å². The Morgan fingerprint density at radius 1 is 1.41 bits per heavy atom. The number of carbonyl (C=O) groups is 1. The van der Waals surface area contributed by atoms with Crippen LogP contribution >= 0.6 is 15.9 Å². The molecule has 0 heterocycles. The second kappa shape index (κ2) is 6.74. The highest BCUT2D eigenvalue weighted by Crippen LogP contribution is 2.24. The van der Waals surface area contributed by atoms with E-state index in [4.69, 9.17) is 10.5 Å². The molecule has 1 amide bonds. The summed E-state index contributed by atoms with van der Waals surface area (Å²) in [6.07, 6.45) is 0. The number of carbonyl (C=O) groups excluding carboxylic acids is 1. The first-order valence-corrected chi connectivity index (χ1v) is 6.18. The summed E-state index contributed by atoms with van der Waals surface area (Å²) in [7, 11) is 0. The van der Waals surface area contributed by atoms with E-state index in [1.807, 2.05) is 26.0 Å². The van der Waals surface area contributed by atoms with Crippen molar-refractivity contribution in [3.05, 3.63) is 27.7 Å². The molecule has 17 heavy (non-hydrogen) atoms. The zero-order valence-electron chi connectivity index (χ0n) is 10.0. The fourth-order valence-electron chi connectivity index (χ4n) is 1.53. The average Bonchev–Trinajstić information content (AvgIpc) is 2.24. The fraction of sp³-hybridized carbons (Fsp3) is 0.417. The number of aryl methyl sites for hydroxylation is 2. The smallest absolute Gasteiger partial charge is 0.250 e. The first-order chi connectivity index (χ1) is 8.04. The van der Waals surface area contributed by atoms with Crippen molar-refractivity contribution in [2.75, 3.05) is 25.1 Å². The third kappa shape index (κ3) is 4.46. The highest BCUT2D eigenvalue weighted by Gasteiger charge is 2.08. The zero-order valence-corrected chi connectivity index (χ0v) is 11.6. The van der Waals surface area contributed by atoms with Crippen LogP contribution < -0.4 is 11.1 Å². The molecule has 0 saturated carbocycles. The Balaban J connectivity index is 2.65. The second-order valence-electron chi connectivity index (χ2n) is 3.80. The van der Waals surface area contributed by atoms with Crippen molar-refractivity contribution in [1.82, 2.24) is 0 Å². The molecule has 5 heteroatoms. The van der Waals surface area contributed by atoms with Crippen LogP contribution in [0.4, 0.5) is 5.69 Å². The van der Waals surface area contributed by atoms with Crippen LogP contribution in [0, 0.1) is 13.8 Å². The molecule has 0 atom stereocenters. The van der Waals surface area contributed by atoms with Crippen LogP contribution in [0.5, 0.6) is 0 Å². The van der Waals surface area contributed by atoms with E-state index in [0.717, 1.165) is 21.3 Å². The molecule has 0 saturated heterocycles. The summed E-state index contributed by atoms with van der Waals surface area (Å²) in [6, 6.07) is 3.92. The van der Waals surface area contributed by atoms with Gasteiger partial charge in [-0.05, 0) is 37.1 Å². The number of ether oxygens (including phenoxy) is 1. The second-order valence-corrected chi connectivity index (χ2v) is 4.72. The van der Waals surface area contributed by atoms with Gasteiger partial charge in [-0.25, -0.2) is 0 Å². The standard InChI is InChI=1S/C12H17BrN2O2/c1-8-5-10(13)6-9(2)12(8)15-11(16)7-17-4-3-14/h5-6H,3-4,7,14H2,1-2H3,(H,15,16). The number of halogens is 1. The molecule has 1 aromatic rings. The molecule has 1 rings (SSSR count). The van der Waals surface area contributed by atoms with Crippen LogP contribution in [0.3, 0.4) is 0 Å². The van der Waals surface area contributed by atoms with E-state index in [0.29, 0.717) is 13.2 Å². The number of hydrogen-bond acceptors (Lipinski definition) is 3. The Hall–Kier alpha value is -0.910. The first-order valence-electron chi connectivity index (χ1n) is 5.39. The van der Waals surface area contributed by atoms with Crippen molar-refractivity contribution in [3.8, 4) is 0 Å². The van der Waals surface area contributed by atoms with Crippen LogP contribution in [0.1, 0.15) is 11.1 Å². The molecular weight excluding hydrogens is 284 g/mol. The van der Waals surface area contributed by atoms with Gasteiger partial charge in [-0.15, -0.1) is 0 Å². The quantitative estimate of drug-likeness (QED) is 0.817. The minimum atomic E-state index is -0.160. The Morgan fingerprint density at radius 2 is 2.00 bits per heavy atom. The lowest BCUT2D eigenvalue weighted by Crippen LogP contribution is -2.21. The number of nitrogens with two attached hydrogens (primary N) is 1. The molecular formula is C12H17BrN2O2. The van der Waals surface area contributed by atoms with Gasteiger partial charge in [0.05, 0.1) is 6.61 Å². The van der Waals surface area contributed by atoms with E-state index in [2.05, 4.69) is 21.2 Å². The summed E-state index contributed by atoms with van der Waals surface area (Å²) in [5.74, 6) is -0.160. The highest BCUT2D eigenvalue weighted by atomic mass is 79.9. The van der Waals surface area contributed by atoms with Gasteiger partial charge in [0.1, 0.15) is 6.61 Å². The van der Waals surface area contributed by atoms with E-state index in [9.17, 15) is 4.79 Å². The van der Waals surface area contributed by atoms with Crippen molar-refractivity contribution in [1.29, 1.82) is 0 Å². The Bertz CT molecular complexity index is 384. The van der Waals surface area contributed by atoms with Crippen LogP contribution in [-0.4, -0.2) is 25.7 Å². The monoisotopic (exact) mass is 300 g/mol. The largest absolute Gasteiger partial charge is 0.370 e. The lowest BCUT2D eigenvalue weighted by atomic mass is 10.1. The summed E-state index contributed by atoms with van der Waals surface area (Å²) in [6.45, 7) is 4.75. The van der Waals surface area contributed by atoms with Crippen molar-refractivity contribution < 1.29 is 9.53 Å². The van der Waals surface area contributed by atoms with Crippen LogP contribution in [0.15, 0.2) is 16.6 Å². The third-order valence-corrected chi connectivity index (χ3v) is 2.72. The van der Waals surface area contributed by atoms with Gasteiger partial charge in [0.2, 0.25) is 5.91 Å².